The van der Waals surface area contributed by atoms with Gasteiger partial charge >= 0.3 is 5.97 Å². The van der Waals surface area contributed by atoms with Crippen molar-refractivity contribution in [3.8, 4) is 0 Å². The average molecular weight is 363 g/mol. The monoisotopic (exact) mass is 363 g/mol. The van der Waals surface area contributed by atoms with Crippen molar-refractivity contribution in [2.24, 2.45) is 0 Å². The molecule has 9 nitrogen and oxygen atoms in total. The summed E-state index contributed by atoms with van der Waals surface area (Å²) < 4.78 is 5.09. The highest BCUT2D eigenvalue weighted by molar-refractivity contribution is 5.95. The predicted octanol–water partition coefficient (Wildman–Crippen LogP) is 1.87. The third kappa shape index (κ3) is 5.54. The van der Waals surface area contributed by atoms with Crippen molar-refractivity contribution in [3.63, 3.8) is 0 Å². The van der Waals surface area contributed by atoms with Gasteiger partial charge in [0.2, 0.25) is 5.91 Å². The van der Waals surface area contributed by atoms with Gasteiger partial charge in [0.15, 0.2) is 6.10 Å². The maximum atomic E-state index is 12.1. The van der Waals surface area contributed by atoms with Gasteiger partial charge in [0.05, 0.1) is 4.92 Å². The topological polar surface area (TPSA) is 119 Å². The number of nitro groups is 1. The molecule has 140 valence electrons. The van der Waals surface area contributed by atoms with E-state index < -0.39 is 22.9 Å². The largest absolute Gasteiger partial charge is 0.451 e. The molecule has 1 aromatic carbocycles. The summed E-state index contributed by atoms with van der Waals surface area (Å²) in [4.78, 5) is 47.5. The van der Waals surface area contributed by atoms with E-state index in [4.69, 9.17) is 4.74 Å². The van der Waals surface area contributed by atoms with Crippen molar-refractivity contribution < 1.29 is 24.0 Å². The number of benzene rings is 1. The average Bonchev–Trinajstić information content (AvgIpc) is 2.79. The van der Waals surface area contributed by atoms with Crippen LogP contribution in [0.2, 0.25) is 0 Å². The first-order chi connectivity index (χ1) is 12.4. The molecule has 0 bridgehead atoms. The van der Waals surface area contributed by atoms with Crippen molar-refractivity contribution in [1.82, 2.24) is 4.90 Å². The van der Waals surface area contributed by atoms with Gasteiger partial charge in [-0.25, -0.2) is 0 Å². The first kappa shape index (κ1) is 19.4. The van der Waals surface area contributed by atoms with Gasteiger partial charge in [-0.1, -0.05) is 6.42 Å². The first-order valence-electron chi connectivity index (χ1n) is 8.39. The standard InChI is InChI=1S/C17H21N3O6/c1-12(17(23)18-13-6-8-14(9-7-13)20(24)25)26-16(22)11-19-10-4-2-3-5-15(19)21/h6-9,12H,2-5,10-11H2,1H3,(H,18,23). The number of nitrogens with one attached hydrogen (secondary N) is 1. The molecule has 2 rings (SSSR count). The van der Waals surface area contributed by atoms with Crippen LogP contribution in [0.5, 0.6) is 0 Å². The van der Waals surface area contributed by atoms with Crippen LogP contribution in [0.15, 0.2) is 24.3 Å². The molecule has 1 saturated heterocycles. The number of hydrogen-bond donors (Lipinski definition) is 1. The Morgan fingerprint density at radius 3 is 2.62 bits per heavy atom. The number of anilines is 1. The molecular weight excluding hydrogens is 342 g/mol. The third-order valence-corrected chi connectivity index (χ3v) is 4.01. The lowest BCUT2D eigenvalue weighted by atomic mass is 10.2. The highest BCUT2D eigenvalue weighted by atomic mass is 16.6. The van der Waals surface area contributed by atoms with Gasteiger partial charge in [0.25, 0.3) is 11.6 Å². The fourth-order valence-corrected chi connectivity index (χ4v) is 2.56. The van der Waals surface area contributed by atoms with Crippen LogP contribution >= 0.6 is 0 Å². The summed E-state index contributed by atoms with van der Waals surface area (Å²) in [7, 11) is 0. The summed E-state index contributed by atoms with van der Waals surface area (Å²) in [6.45, 7) is 1.76. The summed E-state index contributed by atoms with van der Waals surface area (Å²) in [5, 5.41) is 13.1. The van der Waals surface area contributed by atoms with Crippen LogP contribution in [0, 0.1) is 10.1 Å². The minimum Gasteiger partial charge on any atom is -0.451 e. The quantitative estimate of drug-likeness (QED) is 0.468. The number of nitro benzene ring substituents is 1. The zero-order valence-corrected chi connectivity index (χ0v) is 14.5. The van der Waals surface area contributed by atoms with Gasteiger partial charge in [-0.2, -0.15) is 0 Å². The van der Waals surface area contributed by atoms with Crippen molar-refractivity contribution in [3.05, 3.63) is 34.4 Å². The van der Waals surface area contributed by atoms with E-state index in [0.29, 0.717) is 18.7 Å². The number of carbonyl (C=O) groups is 3. The zero-order valence-electron chi connectivity index (χ0n) is 14.5. The van der Waals surface area contributed by atoms with Gasteiger partial charge in [0, 0.05) is 30.8 Å². The Labute approximate surface area is 150 Å². The van der Waals surface area contributed by atoms with E-state index in [9.17, 15) is 24.5 Å². The molecule has 1 atom stereocenters. The maximum absolute atomic E-state index is 12.1. The Bertz CT molecular complexity index is 688. The maximum Gasteiger partial charge on any atom is 0.326 e. The number of hydrogen-bond acceptors (Lipinski definition) is 6. The second kappa shape index (κ2) is 8.93. The van der Waals surface area contributed by atoms with Crippen LogP contribution in [0.1, 0.15) is 32.6 Å². The van der Waals surface area contributed by atoms with E-state index in [1.54, 1.807) is 0 Å². The predicted molar refractivity (Wildman–Crippen MR) is 92.3 cm³/mol. The highest BCUT2D eigenvalue weighted by Gasteiger charge is 2.23. The van der Waals surface area contributed by atoms with Gasteiger partial charge in [-0.05, 0) is 31.9 Å². The Morgan fingerprint density at radius 1 is 1.27 bits per heavy atom. The van der Waals surface area contributed by atoms with Crippen molar-refractivity contribution in [2.45, 2.75) is 38.7 Å². The van der Waals surface area contributed by atoms with Crippen LogP contribution in [0.3, 0.4) is 0 Å². The summed E-state index contributed by atoms with van der Waals surface area (Å²) in [5.41, 5.74) is 0.260. The fraction of sp³-hybridized carbons (Fsp3) is 0.471. The molecule has 0 radical (unpaired) electrons. The normalized spacial score (nSPS) is 15.7. The van der Waals surface area contributed by atoms with E-state index >= 15 is 0 Å². The number of non-ortho nitro benzene ring substituents is 1. The lowest BCUT2D eigenvalue weighted by Crippen LogP contribution is -2.38. The second-order valence-corrected chi connectivity index (χ2v) is 6.05. The minimum absolute atomic E-state index is 0.0811. The zero-order chi connectivity index (χ0) is 19.1. The molecule has 2 amide bonds. The molecule has 0 spiro atoms. The molecule has 1 heterocycles. The Balaban J connectivity index is 1.84. The molecule has 0 saturated carbocycles. The number of ether oxygens (including phenoxy) is 1. The summed E-state index contributed by atoms with van der Waals surface area (Å²) in [6, 6.07) is 5.30. The van der Waals surface area contributed by atoms with E-state index in [0.717, 1.165) is 19.3 Å². The van der Waals surface area contributed by atoms with Crippen molar-refractivity contribution in [1.29, 1.82) is 0 Å². The summed E-state index contributed by atoms with van der Waals surface area (Å²) >= 11 is 0. The lowest BCUT2D eigenvalue weighted by Gasteiger charge is -2.20. The van der Waals surface area contributed by atoms with E-state index in [-0.39, 0.29) is 18.1 Å². The molecule has 1 fully saturated rings. The molecule has 0 aromatic heterocycles. The Kier molecular flexibility index (Phi) is 6.65. The van der Waals surface area contributed by atoms with Crippen molar-refractivity contribution in [2.75, 3.05) is 18.4 Å². The van der Waals surface area contributed by atoms with Crippen LogP contribution < -0.4 is 5.32 Å². The fourth-order valence-electron chi connectivity index (χ4n) is 2.56. The molecular formula is C17H21N3O6. The van der Waals surface area contributed by atoms with Gasteiger partial charge in [-0.15, -0.1) is 0 Å². The Morgan fingerprint density at radius 2 is 1.96 bits per heavy atom. The second-order valence-electron chi connectivity index (χ2n) is 6.05. The van der Waals surface area contributed by atoms with Gasteiger partial charge in [0.1, 0.15) is 6.54 Å². The highest BCUT2D eigenvalue weighted by Crippen LogP contribution is 2.16. The van der Waals surface area contributed by atoms with Crippen LogP contribution in [0.4, 0.5) is 11.4 Å². The van der Waals surface area contributed by atoms with Crippen LogP contribution in [-0.4, -0.2) is 46.8 Å². The SMILES string of the molecule is CC(OC(=O)CN1CCCCCC1=O)C(=O)Nc1ccc([N+](=O)[O-])cc1. The van der Waals surface area contributed by atoms with Gasteiger partial charge in [-0.3, -0.25) is 24.5 Å². The Hall–Kier alpha value is -2.97. The number of carbonyl (C=O) groups excluding carboxylic acids is 3. The molecule has 1 aliphatic heterocycles. The molecule has 9 heteroatoms. The molecule has 0 aliphatic carbocycles. The third-order valence-electron chi connectivity index (χ3n) is 4.01. The smallest absolute Gasteiger partial charge is 0.326 e. The number of amides is 2. The molecule has 26 heavy (non-hydrogen) atoms. The first-order valence-corrected chi connectivity index (χ1v) is 8.39. The van der Waals surface area contributed by atoms with Gasteiger partial charge < -0.3 is 15.0 Å². The van der Waals surface area contributed by atoms with Crippen LogP contribution in [-0.2, 0) is 19.1 Å². The van der Waals surface area contributed by atoms with E-state index in [1.165, 1.54) is 36.1 Å². The van der Waals surface area contributed by atoms with E-state index in [1.807, 2.05) is 0 Å². The molecule has 1 unspecified atom stereocenters. The molecule has 1 aromatic rings. The number of esters is 1. The summed E-state index contributed by atoms with van der Waals surface area (Å²) in [6.07, 6.45) is 1.97. The summed E-state index contributed by atoms with van der Waals surface area (Å²) in [5.74, 6) is -1.29. The molecule has 1 N–H and O–H groups in total. The van der Waals surface area contributed by atoms with Crippen LogP contribution in [0.25, 0.3) is 0 Å². The number of nitrogens with zero attached hydrogens (tertiary/aromatic N) is 2. The number of rotatable bonds is 6. The number of likely N-dealkylation sites (tertiary alicyclic amines) is 1. The molecule has 1 aliphatic rings. The lowest BCUT2D eigenvalue weighted by molar-refractivity contribution is -0.384. The van der Waals surface area contributed by atoms with E-state index in [2.05, 4.69) is 5.32 Å². The van der Waals surface area contributed by atoms with Crippen molar-refractivity contribution >= 4 is 29.2 Å². The minimum atomic E-state index is -1.06.